The summed E-state index contributed by atoms with van der Waals surface area (Å²) < 4.78 is 5.57. The monoisotopic (exact) mass is 306 g/mol. The highest BCUT2D eigenvalue weighted by molar-refractivity contribution is 5.99. The lowest BCUT2D eigenvalue weighted by Crippen LogP contribution is -2.31. The van der Waals surface area contributed by atoms with Gasteiger partial charge in [0.25, 0.3) is 0 Å². The molecule has 0 radical (unpaired) electrons. The van der Waals surface area contributed by atoms with Crippen molar-refractivity contribution < 1.29 is 9.53 Å². The van der Waals surface area contributed by atoms with Crippen LogP contribution in [-0.4, -0.2) is 12.4 Å². The number of nitriles is 1. The van der Waals surface area contributed by atoms with Gasteiger partial charge < -0.3 is 10.1 Å². The third-order valence-corrected chi connectivity index (χ3v) is 4.94. The molecule has 1 aliphatic carbocycles. The zero-order valence-corrected chi connectivity index (χ0v) is 13.1. The molecule has 3 aliphatic rings. The lowest BCUT2D eigenvalue weighted by molar-refractivity contribution is -0.116. The Morgan fingerprint density at radius 3 is 3.00 bits per heavy atom. The number of ketones is 1. The molecular weight excluding hydrogens is 288 g/mol. The second-order valence-corrected chi connectivity index (χ2v) is 6.34. The molecule has 0 aromatic heterocycles. The topological polar surface area (TPSA) is 62.1 Å². The molecule has 0 bridgehead atoms. The molecule has 1 aromatic rings. The van der Waals surface area contributed by atoms with E-state index in [1.165, 1.54) is 5.56 Å². The molecule has 116 valence electrons. The van der Waals surface area contributed by atoms with Gasteiger partial charge in [-0.3, -0.25) is 4.79 Å². The van der Waals surface area contributed by atoms with Gasteiger partial charge in [0.2, 0.25) is 0 Å². The molecule has 1 N–H and O–H groups in total. The maximum absolute atomic E-state index is 12.6. The van der Waals surface area contributed by atoms with Crippen molar-refractivity contribution in [2.24, 2.45) is 0 Å². The minimum atomic E-state index is -0.241. The van der Waals surface area contributed by atoms with E-state index < -0.39 is 0 Å². The first-order valence-electron chi connectivity index (χ1n) is 8.09. The van der Waals surface area contributed by atoms with Crippen LogP contribution in [0.15, 0.2) is 40.7 Å². The van der Waals surface area contributed by atoms with Crippen LogP contribution in [-0.2, 0) is 11.2 Å². The zero-order valence-electron chi connectivity index (χ0n) is 13.1. The molecule has 23 heavy (non-hydrogen) atoms. The van der Waals surface area contributed by atoms with E-state index in [2.05, 4.69) is 17.5 Å². The smallest absolute Gasteiger partial charge is 0.161 e. The van der Waals surface area contributed by atoms with Crippen molar-refractivity contribution in [3.05, 3.63) is 51.9 Å². The fraction of sp³-hybridized carbons (Fsp3) is 0.368. The van der Waals surface area contributed by atoms with Crippen LogP contribution in [0.1, 0.15) is 43.2 Å². The molecule has 4 nitrogen and oxygen atoms in total. The summed E-state index contributed by atoms with van der Waals surface area (Å²) in [5, 5.41) is 12.9. The molecular formula is C19H18N2O2. The highest BCUT2D eigenvalue weighted by Crippen LogP contribution is 2.43. The van der Waals surface area contributed by atoms with Crippen LogP contribution in [0.4, 0.5) is 0 Å². The molecule has 0 unspecified atom stereocenters. The molecule has 0 fully saturated rings. The third kappa shape index (κ3) is 2.16. The highest BCUT2D eigenvalue weighted by atomic mass is 16.5. The third-order valence-electron chi connectivity index (χ3n) is 4.94. The predicted molar refractivity (Wildman–Crippen MR) is 85.7 cm³/mol. The molecule has 1 aromatic carbocycles. The molecule has 4 rings (SSSR count). The summed E-state index contributed by atoms with van der Waals surface area (Å²) in [4.78, 5) is 12.6. The predicted octanol–water partition coefficient (Wildman–Crippen LogP) is 3.11. The van der Waals surface area contributed by atoms with Crippen LogP contribution in [0.3, 0.4) is 0 Å². The van der Waals surface area contributed by atoms with E-state index >= 15 is 0 Å². The van der Waals surface area contributed by atoms with Crippen LogP contribution < -0.4 is 10.1 Å². The number of hydrogen-bond acceptors (Lipinski definition) is 4. The number of Topliss-reactive ketones (excluding diaryl/α,β-unsaturated/α-hetero) is 1. The number of carbonyl (C=O) groups is 1. The molecule has 0 saturated heterocycles. The second-order valence-electron chi connectivity index (χ2n) is 6.34. The summed E-state index contributed by atoms with van der Waals surface area (Å²) in [5.74, 6) is 0.849. The van der Waals surface area contributed by atoms with Crippen LogP contribution in [0, 0.1) is 11.3 Å². The van der Waals surface area contributed by atoms with Crippen molar-refractivity contribution in [1.29, 1.82) is 5.26 Å². The summed E-state index contributed by atoms with van der Waals surface area (Å²) in [7, 11) is 0. The van der Waals surface area contributed by atoms with E-state index in [0.717, 1.165) is 47.5 Å². The van der Waals surface area contributed by atoms with Gasteiger partial charge in [-0.15, -0.1) is 0 Å². The van der Waals surface area contributed by atoms with Crippen LogP contribution >= 0.6 is 0 Å². The number of carbonyl (C=O) groups excluding carboxylic acids is 1. The summed E-state index contributed by atoms with van der Waals surface area (Å²) in [6.45, 7) is 2.63. The van der Waals surface area contributed by atoms with E-state index in [1.54, 1.807) is 0 Å². The Labute approximate surface area is 135 Å². The van der Waals surface area contributed by atoms with Gasteiger partial charge in [-0.25, -0.2) is 0 Å². The maximum Gasteiger partial charge on any atom is 0.161 e. The van der Waals surface area contributed by atoms with Gasteiger partial charge in [-0.2, -0.15) is 5.26 Å². The molecule has 0 saturated carbocycles. The van der Waals surface area contributed by atoms with Crippen molar-refractivity contribution >= 4 is 5.78 Å². The van der Waals surface area contributed by atoms with Crippen molar-refractivity contribution in [3.63, 3.8) is 0 Å². The van der Waals surface area contributed by atoms with E-state index in [4.69, 9.17) is 4.74 Å². The van der Waals surface area contributed by atoms with Crippen molar-refractivity contribution in [2.75, 3.05) is 6.61 Å². The Bertz CT molecular complexity index is 811. The molecule has 1 atom stereocenters. The summed E-state index contributed by atoms with van der Waals surface area (Å²) in [5.41, 5.74) is 5.49. The average molecular weight is 306 g/mol. The highest BCUT2D eigenvalue weighted by Gasteiger charge is 2.36. The van der Waals surface area contributed by atoms with Gasteiger partial charge in [0, 0.05) is 29.8 Å². The van der Waals surface area contributed by atoms with Gasteiger partial charge in [-0.05, 0) is 37.0 Å². The minimum Gasteiger partial charge on any atom is -0.493 e. The summed E-state index contributed by atoms with van der Waals surface area (Å²) >= 11 is 0. The van der Waals surface area contributed by atoms with Crippen molar-refractivity contribution in [2.45, 2.75) is 38.5 Å². The number of allylic oxidation sites excluding steroid dienone is 4. The number of ether oxygens (including phenoxy) is 1. The molecule has 2 heterocycles. The first-order valence-corrected chi connectivity index (χ1v) is 8.09. The van der Waals surface area contributed by atoms with Gasteiger partial charge in [0.15, 0.2) is 5.78 Å². The number of nitrogens with zero attached hydrogens (tertiary/aromatic N) is 1. The summed E-state index contributed by atoms with van der Waals surface area (Å²) in [6.07, 6.45) is 3.22. The molecule has 2 aliphatic heterocycles. The van der Waals surface area contributed by atoms with Crippen molar-refractivity contribution in [3.8, 4) is 11.8 Å². The fourth-order valence-electron chi connectivity index (χ4n) is 3.85. The van der Waals surface area contributed by atoms with Gasteiger partial charge in [-0.1, -0.05) is 12.1 Å². The number of fused-ring (bicyclic) bond motifs is 1. The number of dihydropyridines is 1. The van der Waals surface area contributed by atoms with E-state index in [-0.39, 0.29) is 11.7 Å². The van der Waals surface area contributed by atoms with E-state index in [0.29, 0.717) is 18.6 Å². The van der Waals surface area contributed by atoms with Crippen LogP contribution in [0.25, 0.3) is 0 Å². The van der Waals surface area contributed by atoms with Gasteiger partial charge >= 0.3 is 0 Å². The first-order chi connectivity index (χ1) is 11.2. The number of benzene rings is 1. The fourth-order valence-corrected chi connectivity index (χ4v) is 3.85. The van der Waals surface area contributed by atoms with Crippen LogP contribution in [0.2, 0.25) is 0 Å². The minimum absolute atomic E-state index is 0.167. The quantitative estimate of drug-likeness (QED) is 0.866. The maximum atomic E-state index is 12.6. The first kappa shape index (κ1) is 14.1. The Morgan fingerprint density at radius 1 is 1.30 bits per heavy atom. The Kier molecular flexibility index (Phi) is 3.23. The Morgan fingerprint density at radius 2 is 2.17 bits per heavy atom. The number of nitrogens with one attached hydrogen (secondary N) is 1. The van der Waals surface area contributed by atoms with E-state index in [1.807, 2.05) is 19.1 Å². The lowest BCUT2D eigenvalue weighted by Gasteiger charge is -2.32. The Hall–Kier alpha value is -2.54. The number of rotatable bonds is 1. The largest absolute Gasteiger partial charge is 0.493 e. The average Bonchev–Trinajstić information content (AvgIpc) is 3.01. The molecule has 4 heteroatoms. The lowest BCUT2D eigenvalue weighted by atomic mass is 9.75. The molecule has 0 amide bonds. The Balaban J connectivity index is 1.88. The molecule has 0 spiro atoms. The summed E-state index contributed by atoms with van der Waals surface area (Å²) in [6, 6.07) is 8.40. The normalized spacial score (nSPS) is 23.0. The SMILES string of the molecule is CC1=C(C#N)[C@@H](c2ccc3c(c2)CCO3)C2=C(CCCC2=O)N1. The standard InChI is InChI=1S/C19H18N2O2/c1-11-14(10-20)18(19-15(21-11)3-2-4-16(19)22)13-5-6-17-12(9-13)7-8-23-17/h5-6,9,18,21H,2-4,7-8H2,1H3/t18-/m1/s1. The second kappa shape index (κ2) is 5.27. The van der Waals surface area contributed by atoms with E-state index in [9.17, 15) is 10.1 Å². The number of hydrogen-bond donors (Lipinski definition) is 1. The van der Waals surface area contributed by atoms with Crippen molar-refractivity contribution in [1.82, 2.24) is 5.32 Å². The van der Waals surface area contributed by atoms with Gasteiger partial charge in [0.05, 0.1) is 24.2 Å². The van der Waals surface area contributed by atoms with Crippen LogP contribution in [0.5, 0.6) is 5.75 Å². The zero-order chi connectivity index (χ0) is 16.0. The van der Waals surface area contributed by atoms with Gasteiger partial charge in [0.1, 0.15) is 5.75 Å².